The summed E-state index contributed by atoms with van der Waals surface area (Å²) in [7, 11) is 0. The number of carbonyl (C=O) groups is 2. The third-order valence-corrected chi connectivity index (χ3v) is 2.66. The van der Waals surface area contributed by atoms with Crippen LogP contribution in [-0.2, 0) is 16.1 Å². The van der Waals surface area contributed by atoms with Crippen LogP contribution in [0.3, 0.4) is 0 Å². The maximum absolute atomic E-state index is 10.6. The molecule has 104 valence electrons. The van der Waals surface area contributed by atoms with Crippen molar-refractivity contribution in [3.63, 3.8) is 0 Å². The van der Waals surface area contributed by atoms with Gasteiger partial charge in [0.05, 0.1) is 6.42 Å². The predicted molar refractivity (Wildman–Crippen MR) is 68.6 cm³/mol. The Balaban J connectivity index is 2.48. The smallest absolute Gasteiger partial charge is 0.304 e. The maximum atomic E-state index is 10.6. The quantitative estimate of drug-likeness (QED) is 0.698. The van der Waals surface area contributed by atoms with Gasteiger partial charge in [-0.2, -0.15) is 0 Å². The molecule has 0 atom stereocenters. The van der Waals surface area contributed by atoms with Crippen molar-refractivity contribution < 1.29 is 19.8 Å². The highest BCUT2D eigenvalue weighted by atomic mass is 16.4. The number of rotatable bonds is 9. The summed E-state index contributed by atoms with van der Waals surface area (Å²) in [5.41, 5.74) is 1.04. The van der Waals surface area contributed by atoms with Crippen molar-refractivity contribution in [2.45, 2.75) is 25.8 Å². The van der Waals surface area contributed by atoms with Gasteiger partial charge in [0.25, 0.3) is 0 Å². The van der Waals surface area contributed by atoms with Crippen molar-refractivity contribution in [1.29, 1.82) is 0 Å². The standard InChI is InChI=1S/C13H18N2O4/c16-12(17)2-1-8-15(9-5-13(18)19)10-11-3-6-14-7-4-11/h3-4,6-7H,1-2,5,8-10H2,(H,16,17)(H,18,19). The van der Waals surface area contributed by atoms with E-state index in [1.807, 2.05) is 17.0 Å². The van der Waals surface area contributed by atoms with Crippen LogP contribution in [0.15, 0.2) is 24.5 Å². The molecule has 0 aliphatic rings. The summed E-state index contributed by atoms with van der Waals surface area (Å²) in [6.07, 6.45) is 4.03. The molecular weight excluding hydrogens is 248 g/mol. The molecule has 0 aliphatic carbocycles. The molecule has 0 bridgehead atoms. The molecule has 2 N–H and O–H groups in total. The molecule has 0 amide bonds. The Morgan fingerprint density at radius 2 is 1.68 bits per heavy atom. The van der Waals surface area contributed by atoms with Crippen molar-refractivity contribution in [1.82, 2.24) is 9.88 Å². The van der Waals surface area contributed by atoms with Gasteiger partial charge in [-0.25, -0.2) is 0 Å². The minimum absolute atomic E-state index is 0.0537. The van der Waals surface area contributed by atoms with Crippen LogP contribution in [0, 0.1) is 0 Å². The largest absolute Gasteiger partial charge is 0.481 e. The Hall–Kier alpha value is -1.95. The van der Waals surface area contributed by atoms with E-state index in [0.717, 1.165) is 5.56 Å². The molecule has 1 aromatic rings. The van der Waals surface area contributed by atoms with Gasteiger partial charge < -0.3 is 10.2 Å². The van der Waals surface area contributed by atoms with Crippen LogP contribution in [0.4, 0.5) is 0 Å². The summed E-state index contributed by atoms with van der Waals surface area (Å²) in [6.45, 7) is 1.59. The van der Waals surface area contributed by atoms with Gasteiger partial charge in [0.15, 0.2) is 0 Å². The Bertz CT molecular complexity index is 408. The lowest BCUT2D eigenvalue weighted by Gasteiger charge is -2.21. The fourth-order valence-corrected chi connectivity index (χ4v) is 1.72. The number of aromatic nitrogens is 1. The van der Waals surface area contributed by atoms with E-state index in [2.05, 4.69) is 4.98 Å². The van der Waals surface area contributed by atoms with Gasteiger partial charge in [0.1, 0.15) is 0 Å². The fraction of sp³-hybridized carbons (Fsp3) is 0.462. The maximum Gasteiger partial charge on any atom is 0.304 e. The SMILES string of the molecule is O=C(O)CCCN(CCC(=O)O)Cc1ccncc1. The summed E-state index contributed by atoms with van der Waals surface area (Å²) < 4.78 is 0. The highest BCUT2D eigenvalue weighted by molar-refractivity contribution is 5.67. The Kier molecular flexibility index (Phi) is 6.52. The van der Waals surface area contributed by atoms with Crippen molar-refractivity contribution in [2.24, 2.45) is 0 Å². The molecule has 0 spiro atoms. The lowest BCUT2D eigenvalue weighted by molar-refractivity contribution is -0.138. The molecular formula is C13H18N2O4. The second-order valence-corrected chi connectivity index (χ2v) is 4.27. The third kappa shape index (κ3) is 7.15. The number of hydrogen-bond donors (Lipinski definition) is 2. The molecule has 0 radical (unpaired) electrons. The van der Waals surface area contributed by atoms with Crippen LogP contribution < -0.4 is 0 Å². The van der Waals surface area contributed by atoms with Gasteiger partial charge in [-0.3, -0.25) is 19.5 Å². The average Bonchev–Trinajstić information content (AvgIpc) is 2.36. The summed E-state index contributed by atoms with van der Waals surface area (Å²) in [6, 6.07) is 3.73. The molecule has 1 aromatic heterocycles. The number of carboxylic acid groups (broad SMARTS) is 2. The Labute approximate surface area is 111 Å². The van der Waals surface area contributed by atoms with E-state index in [9.17, 15) is 9.59 Å². The van der Waals surface area contributed by atoms with Crippen LogP contribution in [0.25, 0.3) is 0 Å². The zero-order valence-electron chi connectivity index (χ0n) is 10.7. The van der Waals surface area contributed by atoms with Gasteiger partial charge in [0, 0.05) is 31.9 Å². The van der Waals surface area contributed by atoms with Gasteiger partial charge in [-0.1, -0.05) is 0 Å². The third-order valence-electron chi connectivity index (χ3n) is 2.66. The second-order valence-electron chi connectivity index (χ2n) is 4.27. The minimum atomic E-state index is -0.849. The summed E-state index contributed by atoms with van der Waals surface area (Å²) in [5, 5.41) is 17.3. The molecule has 0 aromatic carbocycles. The van der Waals surface area contributed by atoms with Crippen LogP contribution in [0.2, 0.25) is 0 Å². The van der Waals surface area contributed by atoms with E-state index in [1.165, 1.54) is 0 Å². The number of pyridine rings is 1. The average molecular weight is 266 g/mol. The van der Waals surface area contributed by atoms with Crippen LogP contribution in [-0.4, -0.2) is 45.1 Å². The summed E-state index contributed by atoms with van der Waals surface area (Å²) in [4.78, 5) is 27.0. The van der Waals surface area contributed by atoms with Crippen LogP contribution >= 0.6 is 0 Å². The van der Waals surface area contributed by atoms with E-state index >= 15 is 0 Å². The zero-order chi connectivity index (χ0) is 14.1. The normalized spacial score (nSPS) is 10.6. The monoisotopic (exact) mass is 266 g/mol. The topological polar surface area (TPSA) is 90.7 Å². The highest BCUT2D eigenvalue weighted by Crippen LogP contribution is 2.06. The van der Waals surface area contributed by atoms with Gasteiger partial charge in [-0.05, 0) is 30.7 Å². The van der Waals surface area contributed by atoms with Gasteiger partial charge in [-0.15, -0.1) is 0 Å². The molecule has 1 rings (SSSR count). The molecule has 6 nitrogen and oxygen atoms in total. The van der Waals surface area contributed by atoms with Crippen molar-refractivity contribution in [2.75, 3.05) is 13.1 Å². The molecule has 0 fully saturated rings. The number of nitrogens with zero attached hydrogens (tertiary/aromatic N) is 2. The van der Waals surface area contributed by atoms with Gasteiger partial charge >= 0.3 is 11.9 Å². The first-order chi connectivity index (χ1) is 9.08. The van der Waals surface area contributed by atoms with Crippen molar-refractivity contribution in [3.05, 3.63) is 30.1 Å². The molecule has 6 heteroatoms. The lowest BCUT2D eigenvalue weighted by atomic mass is 10.2. The highest BCUT2D eigenvalue weighted by Gasteiger charge is 2.09. The molecule has 0 saturated carbocycles. The van der Waals surface area contributed by atoms with Crippen molar-refractivity contribution >= 4 is 11.9 Å². The number of aliphatic carboxylic acids is 2. The first-order valence-corrected chi connectivity index (χ1v) is 6.13. The second kappa shape index (κ2) is 8.20. The van der Waals surface area contributed by atoms with Crippen LogP contribution in [0.1, 0.15) is 24.8 Å². The van der Waals surface area contributed by atoms with E-state index in [1.54, 1.807) is 12.4 Å². The zero-order valence-corrected chi connectivity index (χ0v) is 10.7. The Morgan fingerprint density at radius 1 is 1.05 bits per heavy atom. The van der Waals surface area contributed by atoms with E-state index in [-0.39, 0.29) is 12.8 Å². The van der Waals surface area contributed by atoms with Gasteiger partial charge in [0.2, 0.25) is 0 Å². The van der Waals surface area contributed by atoms with E-state index in [4.69, 9.17) is 10.2 Å². The van der Waals surface area contributed by atoms with Crippen molar-refractivity contribution in [3.8, 4) is 0 Å². The molecule has 1 heterocycles. The van der Waals surface area contributed by atoms with Crippen LogP contribution in [0.5, 0.6) is 0 Å². The first-order valence-electron chi connectivity index (χ1n) is 6.13. The number of carboxylic acids is 2. The lowest BCUT2D eigenvalue weighted by Crippen LogP contribution is -2.27. The fourth-order valence-electron chi connectivity index (χ4n) is 1.72. The predicted octanol–water partition coefficient (Wildman–Crippen LogP) is 1.22. The molecule has 0 aliphatic heterocycles. The van der Waals surface area contributed by atoms with E-state index in [0.29, 0.717) is 26.1 Å². The summed E-state index contributed by atoms with van der Waals surface area (Å²) in [5.74, 6) is -1.68. The minimum Gasteiger partial charge on any atom is -0.481 e. The number of hydrogen-bond acceptors (Lipinski definition) is 4. The molecule has 19 heavy (non-hydrogen) atoms. The Morgan fingerprint density at radius 3 is 2.26 bits per heavy atom. The summed E-state index contributed by atoms with van der Waals surface area (Å²) >= 11 is 0. The molecule has 0 unspecified atom stereocenters. The first kappa shape index (κ1) is 15.1. The van der Waals surface area contributed by atoms with E-state index < -0.39 is 11.9 Å². The molecule has 0 saturated heterocycles.